The van der Waals surface area contributed by atoms with Crippen molar-refractivity contribution in [3.05, 3.63) is 35.8 Å². The molecule has 1 heterocycles. The molecule has 0 fully saturated rings. The average molecular weight is 283 g/mol. The van der Waals surface area contributed by atoms with Crippen LogP contribution in [0.15, 0.2) is 40.7 Å². The second-order valence-electron chi connectivity index (χ2n) is 3.50. The number of sulfonamides is 1. The molecule has 0 atom stereocenters. The minimum absolute atomic E-state index is 0.222. The smallest absolute Gasteiger partial charge is 0.263 e. The molecule has 5 nitrogen and oxygen atoms in total. The summed E-state index contributed by atoms with van der Waals surface area (Å²) < 4.78 is 26.4. The molecule has 0 aliphatic rings. The van der Waals surface area contributed by atoms with E-state index in [1.54, 1.807) is 35.8 Å². The van der Waals surface area contributed by atoms with Crippen LogP contribution in [0.1, 0.15) is 6.92 Å². The van der Waals surface area contributed by atoms with Crippen molar-refractivity contribution in [1.82, 2.24) is 4.98 Å². The van der Waals surface area contributed by atoms with Crippen LogP contribution in [0.3, 0.4) is 0 Å². The summed E-state index contributed by atoms with van der Waals surface area (Å²) in [6.07, 6.45) is 1.55. The van der Waals surface area contributed by atoms with E-state index in [1.165, 1.54) is 11.3 Å². The van der Waals surface area contributed by atoms with Gasteiger partial charge in [0.15, 0.2) is 5.13 Å². The van der Waals surface area contributed by atoms with Crippen LogP contribution in [0.25, 0.3) is 0 Å². The molecule has 96 valence electrons. The highest BCUT2D eigenvalue weighted by Gasteiger charge is 2.14. The van der Waals surface area contributed by atoms with E-state index in [4.69, 9.17) is 0 Å². The number of aromatic nitrogens is 1. The molecular weight excluding hydrogens is 270 g/mol. The van der Waals surface area contributed by atoms with Crippen molar-refractivity contribution in [1.29, 1.82) is 0 Å². The third-order valence-corrected chi connectivity index (χ3v) is 4.37. The minimum atomic E-state index is -3.54. The van der Waals surface area contributed by atoms with Crippen LogP contribution in [-0.2, 0) is 10.0 Å². The van der Waals surface area contributed by atoms with Gasteiger partial charge in [0.1, 0.15) is 0 Å². The summed E-state index contributed by atoms with van der Waals surface area (Å²) in [6.45, 7) is 2.78. The second kappa shape index (κ2) is 5.36. The second-order valence-corrected chi connectivity index (χ2v) is 6.07. The van der Waals surface area contributed by atoms with Crippen LogP contribution < -0.4 is 10.0 Å². The van der Waals surface area contributed by atoms with Gasteiger partial charge in [-0.25, -0.2) is 13.4 Å². The first-order chi connectivity index (χ1) is 8.62. The Morgan fingerprint density at radius 3 is 2.56 bits per heavy atom. The van der Waals surface area contributed by atoms with E-state index in [0.29, 0.717) is 5.13 Å². The molecule has 18 heavy (non-hydrogen) atoms. The maximum atomic E-state index is 12.0. The molecule has 7 heteroatoms. The summed E-state index contributed by atoms with van der Waals surface area (Å²) in [5.74, 6) is 0. The average Bonchev–Trinajstić information content (AvgIpc) is 2.82. The van der Waals surface area contributed by atoms with E-state index in [-0.39, 0.29) is 4.90 Å². The fourth-order valence-electron chi connectivity index (χ4n) is 1.40. The van der Waals surface area contributed by atoms with Gasteiger partial charge in [0.2, 0.25) is 0 Å². The van der Waals surface area contributed by atoms with Crippen LogP contribution in [-0.4, -0.2) is 19.9 Å². The number of anilines is 2. The highest BCUT2D eigenvalue weighted by Crippen LogP contribution is 2.19. The lowest BCUT2D eigenvalue weighted by atomic mass is 10.3. The Morgan fingerprint density at radius 1 is 1.28 bits per heavy atom. The highest BCUT2D eigenvalue weighted by molar-refractivity contribution is 7.93. The lowest BCUT2D eigenvalue weighted by molar-refractivity contribution is 0.601. The third kappa shape index (κ3) is 2.99. The SMILES string of the molecule is CCNc1ccc(S(=O)(=O)Nc2nccs2)cc1. The lowest BCUT2D eigenvalue weighted by Crippen LogP contribution is -2.12. The zero-order valence-electron chi connectivity index (χ0n) is 9.75. The summed E-state index contributed by atoms with van der Waals surface area (Å²) in [7, 11) is -3.54. The molecule has 0 saturated heterocycles. The zero-order valence-corrected chi connectivity index (χ0v) is 11.4. The van der Waals surface area contributed by atoms with E-state index >= 15 is 0 Å². The predicted molar refractivity (Wildman–Crippen MR) is 73.5 cm³/mol. The Hall–Kier alpha value is -1.60. The number of thiazole rings is 1. The van der Waals surface area contributed by atoms with Crippen LogP contribution >= 0.6 is 11.3 Å². The molecule has 2 aromatic rings. The number of nitrogens with one attached hydrogen (secondary N) is 2. The van der Waals surface area contributed by atoms with Crippen molar-refractivity contribution >= 4 is 32.2 Å². The largest absolute Gasteiger partial charge is 0.385 e. The highest BCUT2D eigenvalue weighted by atomic mass is 32.2. The van der Waals surface area contributed by atoms with E-state index in [0.717, 1.165) is 12.2 Å². The zero-order chi connectivity index (χ0) is 13.0. The Morgan fingerprint density at radius 2 is 2.00 bits per heavy atom. The van der Waals surface area contributed by atoms with Crippen LogP contribution in [0, 0.1) is 0 Å². The van der Waals surface area contributed by atoms with Gasteiger partial charge in [-0.15, -0.1) is 11.3 Å². The lowest BCUT2D eigenvalue weighted by Gasteiger charge is -2.07. The van der Waals surface area contributed by atoms with E-state index < -0.39 is 10.0 Å². The van der Waals surface area contributed by atoms with E-state index in [2.05, 4.69) is 15.0 Å². The number of rotatable bonds is 5. The van der Waals surface area contributed by atoms with Gasteiger partial charge in [0.05, 0.1) is 4.90 Å². The third-order valence-electron chi connectivity index (χ3n) is 2.20. The summed E-state index contributed by atoms with van der Waals surface area (Å²) in [5.41, 5.74) is 0.894. The molecule has 1 aromatic heterocycles. The number of nitrogens with zero attached hydrogens (tertiary/aromatic N) is 1. The van der Waals surface area contributed by atoms with Gasteiger partial charge in [-0.2, -0.15) is 0 Å². The van der Waals surface area contributed by atoms with Crippen molar-refractivity contribution in [2.75, 3.05) is 16.6 Å². The van der Waals surface area contributed by atoms with Gasteiger partial charge in [-0.05, 0) is 31.2 Å². The van der Waals surface area contributed by atoms with Gasteiger partial charge in [0, 0.05) is 23.8 Å². The van der Waals surface area contributed by atoms with Crippen LogP contribution in [0.2, 0.25) is 0 Å². The van der Waals surface area contributed by atoms with Gasteiger partial charge in [-0.3, -0.25) is 4.72 Å². The Bertz CT molecular complexity index is 592. The molecule has 0 spiro atoms. The number of benzene rings is 1. The van der Waals surface area contributed by atoms with E-state index in [9.17, 15) is 8.42 Å². The van der Waals surface area contributed by atoms with Gasteiger partial charge >= 0.3 is 0 Å². The Labute approximate surface area is 110 Å². The summed E-state index contributed by atoms with van der Waals surface area (Å²) >= 11 is 1.24. The molecule has 0 unspecified atom stereocenters. The fraction of sp³-hybridized carbons (Fsp3) is 0.182. The summed E-state index contributed by atoms with van der Waals surface area (Å²) in [6, 6.07) is 6.60. The maximum Gasteiger partial charge on any atom is 0.263 e. The topological polar surface area (TPSA) is 71.1 Å². The molecular formula is C11H13N3O2S2. The van der Waals surface area contributed by atoms with Crippen molar-refractivity contribution < 1.29 is 8.42 Å². The van der Waals surface area contributed by atoms with Gasteiger partial charge in [0.25, 0.3) is 10.0 Å². The fourth-order valence-corrected chi connectivity index (χ4v) is 3.19. The molecule has 0 aliphatic carbocycles. The van der Waals surface area contributed by atoms with Crippen LogP contribution in [0.5, 0.6) is 0 Å². The first-order valence-electron chi connectivity index (χ1n) is 5.38. The molecule has 0 saturated carbocycles. The standard InChI is InChI=1S/C11H13N3O2S2/c1-2-12-9-3-5-10(6-4-9)18(15,16)14-11-13-7-8-17-11/h3-8,12H,2H2,1H3,(H,13,14). The molecule has 1 aromatic carbocycles. The van der Waals surface area contributed by atoms with Gasteiger partial charge < -0.3 is 5.32 Å². The number of hydrogen-bond donors (Lipinski definition) is 2. The maximum absolute atomic E-state index is 12.0. The van der Waals surface area contributed by atoms with Crippen molar-refractivity contribution in [2.45, 2.75) is 11.8 Å². The molecule has 2 rings (SSSR count). The van der Waals surface area contributed by atoms with Crippen molar-refractivity contribution in [3.63, 3.8) is 0 Å². The Balaban J connectivity index is 2.19. The quantitative estimate of drug-likeness (QED) is 0.883. The van der Waals surface area contributed by atoms with Crippen molar-refractivity contribution in [2.24, 2.45) is 0 Å². The number of hydrogen-bond acceptors (Lipinski definition) is 5. The summed E-state index contributed by atoms with van der Waals surface area (Å²) in [5, 5.41) is 5.19. The predicted octanol–water partition coefficient (Wildman–Crippen LogP) is 2.38. The van der Waals surface area contributed by atoms with Crippen LogP contribution in [0.4, 0.5) is 10.8 Å². The van der Waals surface area contributed by atoms with Crippen molar-refractivity contribution in [3.8, 4) is 0 Å². The minimum Gasteiger partial charge on any atom is -0.385 e. The van der Waals surface area contributed by atoms with E-state index in [1.807, 2.05) is 6.92 Å². The Kier molecular flexibility index (Phi) is 3.83. The monoisotopic (exact) mass is 283 g/mol. The first kappa shape index (κ1) is 12.8. The molecule has 0 bridgehead atoms. The van der Waals surface area contributed by atoms with Gasteiger partial charge in [-0.1, -0.05) is 0 Å². The summed E-state index contributed by atoms with van der Waals surface area (Å²) in [4.78, 5) is 4.11. The first-order valence-corrected chi connectivity index (χ1v) is 7.74. The molecule has 2 N–H and O–H groups in total. The molecule has 0 radical (unpaired) electrons. The normalized spacial score (nSPS) is 11.2. The molecule has 0 amide bonds. The molecule has 0 aliphatic heterocycles.